The summed E-state index contributed by atoms with van der Waals surface area (Å²) in [6.07, 6.45) is 0. The molecular weight excluding hydrogens is 220 g/mol. The Kier molecular flexibility index (Phi) is 3.66. The first-order valence-corrected chi connectivity index (χ1v) is 5.27. The van der Waals surface area contributed by atoms with Gasteiger partial charge in [-0.25, -0.2) is 0 Å². The second-order valence-electron chi connectivity index (χ2n) is 2.85. The highest BCUT2D eigenvalue weighted by Gasteiger charge is 2.12. The van der Waals surface area contributed by atoms with Crippen LogP contribution in [-0.4, -0.2) is 11.2 Å². The third-order valence-electron chi connectivity index (χ3n) is 1.66. The van der Waals surface area contributed by atoms with Crippen molar-refractivity contribution in [2.75, 3.05) is 5.73 Å². The minimum absolute atomic E-state index is 0.295. The largest absolute Gasteiger partial charge is 0.399 e. The van der Waals surface area contributed by atoms with Crippen molar-refractivity contribution in [2.24, 2.45) is 5.73 Å². The zero-order chi connectivity index (χ0) is 10.7. The van der Waals surface area contributed by atoms with Gasteiger partial charge in [-0.2, -0.15) is 0 Å². The monoisotopic (exact) mass is 230 g/mol. The summed E-state index contributed by atoms with van der Waals surface area (Å²) >= 11 is 7.25. The van der Waals surface area contributed by atoms with Crippen LogP contribution in [0.15, 0.2) is 23.1 Å². The fourth-order valence-corrected chi connectivity index (χ4v) is 2.00. The number of anilines is 1. The van der Waals surface area contributed by atoms with Crippen LogP contribution in [0.5, 0.6) is 0 Å². The van der Waals surface area contributed by atoms with Crippen molar-refractivity contribution in [3.8, 4) is 0 Å². The Morgan fingerprint density at radius 1 is 1.57 bits per heavy atom. The van der Waals surface area contributed by atoms with Crippen LogP contribution in [0.1, 0.15) is 6.92 Å². The number of benzene rings is 1. The summed E-state index contributed by atoms with van der Waals surface area (Å²) in [6, 6.07) is 5.17. The van der Waals surface area contributed by atoms with Gasteiger partial charge in [0.05, 0.1) is 10.3 Å². The Balaban J connectivity index is 2.82. The van der Waals surface area contributed by atoms with E-state index in [0.717, 1.165) is 4.90 Å². The van der Waals surface area contributed by atoms with Gasteiger partial charge >= 0.3 is 0 Å². The van der Waals surface area contributed by atoms with Gasteiger partial charge in [-0.15, -0.1) is 11.8 Å². The number of nitrogen functional groups attached to an aromatic ring is 1. The van der Waals surface area contributed by atoms with Gasteiger partial charge < -0.3 is 11.5 Å². The Morgan fingerprint density at radius 2 is 2.21 bits per heavy atom. The SMILES string of the molecule is CC(Sc1ccc(N)cc1Cl)C(N)=O. The van der Waals surface area contributed by atoms with Gasteiger partial charge in [0.25, 0.3) is 0 Å². The topological polar surface area (TPSA) is 69.1 Å². The van der Waals surface area contributed by atoms with Crippen LogP contribution in [0, 0.1) is 0 Å². The third-order valence-corrected chi connectivity index (χ3v) is 3.28. The summed E-state index contributed by atoms with van der Waals surface area (Å²) in [5, 5.41) is 0.249. The van der Waals surface area contributed by atoms with E-state index < -0.39 is 0 Å². The highest BCUT2D eigenvalue weighted by atomic mass is 35.5. The Morgan fingerprint density at radius 3 is 2.71 bits per heavy atom. The molecule has 1 unspecified atom stereocenters. The van der Waals surface area contributed by atoms with E-state index in [2.05, 4.69) is 0 Å². The molecule has 1 aromatic rings. The summed E-state index contributed by atoms with van der Waals surface area (Å²) in [6.45, 7) is 1.74. The van der Waals surface area contributed by atoms with Gasteiger partial charge in [0.15, 0.2) is 0 Å². The molecule has 76 valence electrons. The number of amides is 1. The number of thioether (sulfide) groups is 1. The minimum atomic E-state index is -0.358. The van der Waals surface area contributed by atoms with Crippen molar-refractivity contribution >= 4 is 35.0 Å². The predicted molar refractivity (Wildman–Crippen MR) is 60.4 cm³/mol. The highest BCUT2D eigenvalue weighted by Crippen LogP contribution is 2.31. The van der Waals surface area contributed by atoms with E-state index in [1.54, 1.807) is 25.1 Å². The summed E-state index contributed by atoms with van der Waals surface area (Å²) < 4.78 is 0. The first kappa shape index (κ1) is 11.2. The summed E-state index contributed by atoms with van der Waals surface area (Å²) in [5.41, 5.74) is 11.3. The van der Waals surface area contributed by atoms with Crippen LogP contribution < -0.4 is 11.5 Å². The van der Waals surface area contributed by atoms with Crippen molar-refractivity contribution in [3.05, 3.63) is 23.2 Å². The lowest BCUT2D eigenvalue weighted by Gasteiger charge is -2.08. The quantitative estimate of drug-likeness (QED) is 0.616. The number of hydrogen-bond donors (Lipinski definition) is 2. The molecular formula is C9H11ClN2OS. The van der Waals surface area contributed by atoms with E-state index in [0.29, 0.717) is 10.7 Å². The molecule has 1 atom stereocenters. The van der Waals surface area contributed by atoms with Crippen LogP contribution in [0.25, 0.3) is 0 Å². The molecule has 0 bridgehead atoms. The van der Waals surface area contributed by atoms with Crippen LogP contribution >= 0.6 is 23.4 Å². The second kappa shape index (κ2) is 4.57. The van der Waals surface area contributed by atoms with Gasteiger partial charge in [0.1, 0.15) is 0 Å². The van der Waals surface area contributed by atoms with E-state index in [4.69, 9.17) is 23.1 Å². The maximum Gasteiger partial charge on any atom is 0.230 e. The molecule has 0 aromatic heterocycles. The summed E-state index contributed by atoms with van der Waals surface area (Å²) in [4.78, 5) is 11.6. The van der Waals surface area contributed by atoms with Crippen molar-refractivity contribution in [2.45, 2.75) is 17.1 Å². The molecule has 0 saturated heterocycles. The molecule has 4 N–H and O–H groups in total. The van der Waals surface area contributed by atoms with Gasteiger partial charge in [0, 0.05) is 10.6 Å². The number of carbonyl (C=O) groups is 1. The van der Waals surface area contributed by atoms with Crippen molar-refractivity contribution in [1.82, 2.24) is 0 Å². The number of carbonyl (C=O) groups excluding carboxylic acids is 1. The molecule has 0 radical (unpaired) electrons. The maximum absolute atomic E-state index is 10.8. The molecule has 0 fully saturated rings. The molecule has 1 rings (SSSR count). The van der Waals surface area contributed by atoms with E-state index in [1.165, 1.54) is 11.8 Å². The number of rotatable bonds is 3. The van der Waals surface area contributed by atoms with Crippen LogP contribution in [0.4, 0.5) is 5.69 Å². The van der Waals surface area contributed by atoms with E-state index in [1.807, 2.05) is 0 Å². The lowest BCUT2D eigenvalue weighted by Crippen LogP contribution is -2.22. The minimum Gasteiger partial charge on any atom is -0.399 e. The van der Waals surface area contributed by atoms with Crippen molar-refractivity contribution in [1.29, 1.82) is 0 Å². The fraction of sp³-hybridized carbons (Fsp3) is 0.222. The molecule has 1 aromatic carbocycles. The predicted octanol–water partition coefficient (Wildman–Crippen LogP) is 1.89. The zero-order valence-corrected chi connectivity index (χ0v) is 9.23. The van der Waals surface area contributed by atoms with Gasteiger partial charge in [-0.3, -0.25) is 4.79 Å². The highest BCUT2D eigenvalue weighted by molar-refractivity contribution is 8.00. The summed E-state index contributed by atoms with van der Waals surface area (Å²) in [5.74, 6) is -0.358. The standard InChI is InChI=1S/C9H11ClN2OS/c1-5(9(12)13)14-8-3-2-6(11)4-7(8)10/h2-5H,11H2,1H3,(H2,12,13). The van der Waals surface area contributed by atoms with E-state index in [-0.39, 0.29) is 11.2 Å². The maximum atomic E-state index is 10.8. The first-order valence-electron chi connectivity index (χ1n) is 4.01. The van der Waals surface area contributed by atoms with Crippen LogP contribution in [-0.2, 0) is 4.79 Å². The molecule has 0 spiro atoms. The average molecular weight is 231 g/mol. The fourth-order valence-electron chi connectivity index (χ4n) is 0.861. The molecule has 3 nitrogen and oxygen atoms in total. The van der Waals surface area contributed by atoms with Crippen molar-refractivity contribution < 1.29 is 4.79 Å². The second-order valence-corrected chi connectivity index (χ2v) is 4.64. The summed E-state index contributed by atoms with van der Waals surface area (Å²) in [7, 11) is 0. The molecule has 5 heteroatoms. The number of nitrogens with two attached hydrogens (primary N) is 2. The Labute approximate surface area is 91.8 Å². The lowest BCUT2D eigenvalue weighted by atomic mass is 10.3. The van der Waals surface area contributed by atoms with E-state index in [9.17, 15) is 4.79 Å². The number of halogens is 1. The first-order chi connectivity index (χ1) is 6.50. The van der Waals surface area contributed by atoms with E-state index >= 15 is 0 Å². The van der Waals surface area contributed by atoms with Gasteiger partial charge in [-0.05, 0) is 25.1 Å². The number of primary amides is 1. The third kappa shape index (κ3) is 2.82. The molecule has 0 aliphatic rings. The number of hydrogen-bond acceptors (Lipinski definition) is 3. The Bertz CT molecular complexity index is 357. The molecule has 1 amide bonds. The molecule has 0 saturated carbocycles. The van der Waals surface area contributed by atoms with Crippen molar-refractivity contribution in [3.63, 3.8) is 0 Å². The van der Waals surface area contributed by atoms with Crippen LogP contribution in [0.2, 0.25) is 5.02 Å². The molecule has 14 heavy (non-hydrogen) atoms. The lowest BCUT2D eigenvalue weighted by molar-refractivity contribution is -0.117. The Hall–Kier alpha value is -0.870. The molecule has 0 aliphatic carbocycles. The average Bonchev–Trinajstić information content (AvgIpc) is 2.09. The smallest absolute Gasteiger partial charge is 0.230 e. The molecule has 0 aliphatic heterocycles. The zero-order valence-electron chi connectivity index (χ0n) is 7.66. The van der Waals surface area contributed by atoms with Gasteiger partial charge in [0.2, 0.25) is 5.91 Å². The molecule has 0 heterocycles. The normalized spacial score (nSPS) is 12.4. The van der Waals surface area contributed by atoms with Gasteiger partial charge in [-0.1, -0.05) is 11.6 Å². The van der Waals surface area contributed by atoms with Crippen LogP contribution in [0.3, 0.4) is 0 Å².